The molecule has 0 saturated heterocycles. The number of nitrogens with zero attached hydrogens (tertiary/aromatic N) is 1. The quantitative estimate of drug-likeness (QED) is 0.481. The van der Waals surface area contributed by atoms with Crippen LogP contribution in [0.5, 0.6) is 5.75 Å². The lowest BCUT2D eigenvalue weighted by Gasteiger charge is -2.08. The highest BCUT2D eigenvalue weighted by molar-refractivity contribution is 6.06. The Morgan fingerprint density at radius 2 is 2.00 bits per heavy atom. The number of rotatable bonds is 2. The summed E-state index contributed by atoms with van der Waals surface area (Å²) in [5.41, 5.74) is -1.63. The molecule has 1 rings (SSSR count). The minimum absolute atomic E-state index is 0.572. The van der Waals surface area contributed by atoms with E-state index in [-0.39, 0.29) is 0 Å². The number of phenols is 1. The average Bonchev–Trinajstić information content (AvgIpc) is 2.16. The van der Waals surface area contributed by atoms with Crippen LogP contribution in [0.4, 0.5) is 18.9 Å². The first kappa shape index (κ1) is 11.9. The molecule has 0 bridgehead atoms. The van der Waals surface area contributed by atoms with Crippen LogP contribution in [-0.4, -0.2) is 23.1 Å². The summed E-state index contributed by atoms with van der Waals surface area (Å²) in [6.07, 6.45) is -4.14. The number of hydrogen-bond donors (Lipinski definition) is 1. The minimum atomic E-state index is -5.15. The highest BCUT2D eigenvalue weighted by Gasteiger charge is 2.42. The smallest absolute Gasteiger partial charge is 0.455 e. The summed E-state index contributed by atoms with van der Waals surface area (Å²) in [6, 6.07) is 3.03. The van der Waals surface area contributed by atoms with Crippen molar-refractivity contribution in [1.82, 2.24) is 0 Å². The molecule has 0 spiro atoms. The summed E-state index contributed by atoms with van der Waals surface area (Å²) in [7, 11) is 0. The van der Waals surface area contributed by atoms with Gasteiger partial charge in [0.05, 0.1) is 11.3 Å². The number of isocyanates is 1. The van der Waals surface area contributed by atoms with E-state index in [2.05, 4.69) is 4.99 Å². The molecule has 0 aliphatic heterocycles. The second kappa shape index (κ2) is 4.16. The van der Waals surface area contributed by atoms with Gasteiger partial charge in [-0.05, 0) is 12.1 Å². The molecule has 0 fully saturated rings. The van der Waals surface area contributed by atoms with Gasteiger partial charge in [0.25, 0.3) is 5.78 Å². The Labute approximate surface area is 87.0 Å². The number of carbonyl (C=O) groups is 1. The van der Waals surface area contributed by atoms with Crippen molar-refractivity contribution in [3.63, 3.8) is 0 Å². The van der Waals surface area contributed by atoms with Crippen LogP contribution in [0.3, 0.4) is 0 Å². The van der Waals surface area contributed by atoms with Crippen LogP contribution in [0, 0.1) is 0 Å². The van der Waals surface area contributed by atoms with Gasteiger partial charge < -0.3 is 5.11 Å². The van der Waals surface area contributed by atoms with Crippen molar-refractivity contribution >= 4 is 17.6 Å². The van der Waals surface area contributed by atoms with Gasteiger partial charge in [-0.25, -0.2) is 4.79 Å². The topological polar surface area (TPSA) is 66.7 Å². The Kier molecular flexibility index (Phi) is 3.10. The Hall–Kier alpha value is -2.14. The molecule has 1 N–H and O–H groups in total. The predicted molar refractivity (Wildman–Crippen MR) is 46.3 cm³/mol. The molecule has 84 valence electrons. The van der Waals surface area contributed by atoms with E-state index >= 15 is 0 Å². The highest BCUT2D eigenvalue weighted by atomic mass is 19.4. The van der Waals surface area contributed by atoms with E-state index in [0.717, 1.165) is 24.3 Å². The summed E-state index contributed by atoms with van der Waals surface area (Å²) >= 11 is 0. The zero-order chi connectivity index (χ0) is 12.3. The van der Waals surface area contributed by atoms with Crippen molar-refractivity contribution in [2.24, 2.45) is 4.99 Å². The maximum atomic E-state index is 12.1. The zero-order valence-corrected chi connectivity index (χ0v) is 7.58. The molecule has 0 unspecified atom stereocenters. The SMILES string of the molecule is O=C=Nc1cccc(O)c1C(=O)C(F)(F)F. The summed E-state index contributed by atoms with van der Waals surface area (Å²) in [5.74, 6) is -3.15. The number of carbonyl (C=O) groups excluding carboxylic acids is 2. The molecular weight excluding hydrogens is 227 g/mol. The van der Waals surface area contributed by atoms with Crippen LogP contribution in [0.15, 0.2) is 23.2 Å². The number of phenolic OH excluding ortho intramolecular Hbond substituents is 1. The van der Waals surface area contributed by atoms with E-state index in [9.17, 15) is 22.8 Å². The Bertz CT molecular complexity index is 475. The predicted octanol–water partition coefficient (Wildman–Crippen LogP) is 2.10. The molecule has 1 aromatic carbocycles. The number of Topliss-reactive ketones (excluding diaryl/α,β-unsaturated/α-hetero) is 1. The van der Waals surface area contributed by atoms with Gasteiger partial charge in [-0.1, -0.05) is 6.07 Å². The van der Waals surface area contributed by atoms with Crippen LogP contribution in [0.2, 0.25) is 0 Å². The van der Waals surface area contributed by atoms with E-state index in [1.165, 1.54) is 0 Å². The zero-order valence-electron chi connectivity index (χ0n) is 7.58. The molecule has 16 heavy (non-hydrogen) atoms. The third-order valence-electron chi connectivity index (χ3n) is 1.67. The van der Waals surface area contributed by atoms with Crippen molar-refractivity contribution in [2.75, 3.05) is 0 Å². The first-order valence-electron chi connectivity index (χ1n) is 3.89. The number of aromatic hydroxyl groups is 1. The number of alkyl halides is 3. The minimum Gasteiger partial charge on any atom is -0.507 e. The third kappa shape index (κ3) is 2.26. The molecular formula is C9H4F3NO3. The van der Waals surface area contributed by atoms with Gasteiger partial charge >= 0.3 is 6.18 Å². The molecule has 4 nitrogen and oxygen atoms in total. The van der Waals surface area contributed by atoms with E-state index in [4.69, 9.17) is 5.11 Å². The molecule has 0 amide bonds. The number of aliphatic imine (C=N–C) groups is 1. The second-order valence-electron chi connectivity index (χ2n) is 2.70. The molecule has 7 heteroatoms. The largest absolute Gasteiger partial charge is 0.507 e. The molecule has 0 radical (unpaired) electrons. The molecule has 1 aromatic rings. The lowest BCUT2D eigenvalue weighted by atomic mass is 10.1. The average molecular weight is 231 g/mol. The first-order valence-corrected chi connectivity index (χ1v) is 3.89. The molecule has 0 aliphatic rings. The Morgan fingerprint density at radius 1 is 1.38 bits per heavy atom. The highest BCUT2D eigenvalue weighted by Crippen LogP contribution is 2.33. The monoisotopic (exact) mass is 231 g/mol. The van der Waals surface area contributed by atoms with Crippen molar-refractivity contribution in [3.05, 3.63) is 23.8 Å². The molecule has 0 heterocycles. The first-order chi connectivity index (χ1) is 7.38. The van der Waals surface area contributed by atoms with Gasteiger partial charge in [-0.2, -0.15) is 18.2 Å². The fourth-order valence-corrected chi connectivity index (χ4v) is 1.05. The van der Waals surface area contributed by atoms with Crippen LogP contribution in [-0.2, 0) is 4.79 Å². The van der Waals surface area contributed by atoms with Gasteiger partial charge in [-0.3, -0.25) is 4.79 Å². The number of benzene rings is 1. The van der Waals surface area contributed by atoms with Crippen molar-refractivity contribution < 1.29 is 27.9 Å². The van der Waals surface area contributed by atoms with Crippen molar-refractivity contribution in [3.8, 4) is 5.75 Å². The summed E-state index contributed by atoms with van der Waals surface area (Å²) in [5, 5.41) is 9.14. The number of ketones is 1. The van der Waals surface area contributed by atoms with Crippen LogP contribution >= 0.6 is 0 Å². The lowest BCUT2D eigenvalue weighted by Crippen LogP contribution is -2.22. The van der Waals surface area contributed by atoms with Gasteiger partial charge in [0.15, 0.2) is 0 Å². The molecule has 0 aromatic heterocycles. The van der Waals surface area contributed by atoms with Gasteiger partial charge in [-0.15, -0.1) is 0 Å². The van der Waals surface area contributed by atoms with Gasteiger partial charge in [0.1, 0.15) is 5.75 Å². The fraction of sp³-hybridized carbons (Fsp3) is 0.111. The maximum Gasteiger partial charge on any atom is 0.455 e. The summed E-state index contributed by atoms with van der Waals surface area (Å²) in [6.45, 7) is 0. The lowest BCUT2D eigenvalue weighted by molar-refractivity contribution is -0.0886. The van der Waals surface area contributed by atoms with Gasteiger partial charge in [0, 0.05) is 0 Å². The van der Waals surface area contributed by atoms with Crippen molar-refractivity contribution in [2.45, 2.75) is 6.18 Å². The van der Waals surface area contributed by atoms with E-state index in [1.807, 2.05) is 0 Å². The van der Waals surface area contributed by atoms with E-state index in [0.29, 0.717) is 0 Å². The van der Waals surface area contributed by atoms with Gasteiger partial charge in [0.2, 0.25) is 6.08 Å². The molecule has 0 aliphatic carbocycles. The Balaban J connectivity index is 3.42. The molecule has 0 atom stereocenters. The molecule has 0 saturated carbocycles. The summed E-state index contributed by atoms with van der Waals surface area (Å²) < 4.78 is 36.4. The fourth-order valence-electron chi connectivity index (χ4n) is 1.05. The van der Waals surface area contributed by atoms with Crippen LogP contribution in [0.1, 0.15) is 10.4 Å². The number of halogens is 3. The second-order valence-corrected chi connectivity index (χ2v) is 2.70. The Morgan fingerprint density at radius 3 is 2.50 bits per heavy atom. The third-order valence-corrected chi connectivity index (χ3v) is 1.67. The summed E-state index contributed by atoms with van der Waals surface area (Å²) in [4.78, 5) is 23.8. The van der Waals surface area contributed by atoms with E-state index < -0.39 is 29.0 Å². The normalized spacial score (nSPS) is 10.7. The standard InChI is InChI=1S/C9H4F3NO3/c10-9(11,12)8(16)7-5(13-4-14)2-1-3-6(7)15/h1-3,15H. The van der Waals surface area contributed by atoms with Crippen LogP contribution < -0.4 is 0 Å². The maximum absolute atomic E-state index is 12.1. The van der Waals surface area contributed by atoms with E-state index in [1.54, 1.807) is 0 Å². The van der Waals surface area contributed by atoms with Crippen molar-refractivity contribution in [1.29, 1.82) is 0 Å². The van der Waals surface area contributed by atoms with Crippen LogP contribution in [0.25, 0.3) is 0 Å². The number of hydrogen-bond acceptors (Lipinski definition) is 4.